The molecule has 1 heterocycles. The van der Waals surface area contributed by atoms with E-state index < -0.39 is 5.60 Å². The quantitative estimate of drug-likeness (QED) is 0.818. The van der Waals surface area contributed by atoms with E-state index in [0.717, 1.165) is 17.8 Å². The molecule has 18 heavy (non-hydrogen) atoms. The number of nitrogens with zero attached hydrogens (tertiary/aromatic N) is 2. The topological polar surface area (TPSA) is 38.1 Å². The van der Waals surface area contributed by atoms with Gasteiger partial charge in [-0.3, -0.25) is 0 Å². The number of aromatic nitrogens is 2. The van der Waals surface area contributed by atoms with Crippen LogP contribution in [0.2, 0.25) is 0 Å². The molecule has 94 valence electrons. The molecule has 0 saturated carbocycles. The predicted molar refractivity (Wildman–Crippen MR) is 72.6 cm³/mol. The number of para-hydroxylation sites is 1. The summed E-state index contributed by atoms with van der Waals surface area (Å²) in [7, 11) is 0. The molecule has 0 spiro atoms. The van der Waals surface area contributed by atoms with Crippen molar-refractivity contribution in [1.82, 2.24) is 9.78 Å². The highest BCUT2D eigenvalue weighted by atomic mass is 16.3. The van der Waals surface area contributed by atoms with Gasteiger partial charge in [-0.15, -0.1) is 6.58 Å². The summed E-state index contributed by atoms with van der Waals surface area (Å²) in [5.41, 5.74) is 0.854. The molecule has 2 aromatic rings. The molecule has 1 aromatic heterocycles. The van der Waals surface area contributed by atoms with Crippen molar-refractivity contribution in [2.24, 2.45) is 0 Å². The van der Waals surface area contributed by atoms with Gasteiger partial charge in [0.05, 0.1) is 11.4 Å². The first-order valence-corrected chi connectivity index (χ1v) is 6.08. The van der Waals surface area contributed by atoms with E-state index >= 15 is 0 Å². The lowest BCUT2D eigenvalue weighted by Crippen LogP contribution is -2.24. The van der Waals surface area contributed by atoms with Crippen molar-refractivity contribution in [3.05, 3.63) is 60.9 Å². The molecule has 3 heteroatoms. The van der Waals surface area contributed by atoms with E-state index in [2.05, 4.69) is 11.7 Å². The van der Waals surface area contributed by atoms with Crippen LogP contribution >= 0.6 is 0 Å². The van der Waals surface area contributed by atoms with Crippen molar-refractivity contribution in [2.45, 2.75) is 25.4 Å². The lowest BCUT2D eigenvalue weighted by Gasteiger charge is -2.24. The third-order valence-corrected chi connectivity index (χ3v) is 3.03. The Labute approximate surface area is 107 Å². The molecule has 0 fully saturated rings. The Morgan fingerprint density at radius 2 is 2.06 bits per heavy atom. The largest absolute Gasteiger partial charge is 0.384 e. The molecule has 1 atom stereocenters. The van der Waals surface area contributed by atoms with Crippen LogP contribution in [0.3, 0.4) is 0 Å². The molecule has 1 aromatic carbocycles. The summed E-state index contributed by atoms with van der Waals surface area (Å²) in [6.07, 6.45) is 4.93. The standard InChI is InChI=1S/C15H18N2O/c1-3-4-11-15(2,18)14-10-12-16-17(14)13-8-6-5-7-9-13/h3,5-10,12,18H,1,4,11H2,2H3. The first-order valence-electron chi connectivity index (χ1n) is 6.08. The highest BCUT2D eigenvalue weighted by Crippen LogP contribution is 2.27. The van der Waals surface area contributed by atoms with E-state index in [-0.39, 0.29) is 0 Å². The maximum Gasteiger partial charge on any atom is 0.104 e. The zero-order chi connectivity index (χ0) is 13.0. The molecule has 0 aliphatic rings. The van der Waals surface area contributed by atoms with Crippen molar-refractivity contribution >= 4 is 0 Å². The summed E-state index contributed by atoms with van der Waals surface area (Å²) in [5.74, 6) is 0. The van der Waals surface area contributed by atoms with Crippen molar-refractivity contribution in [3.8, 4) is 5.69 Å². The monoisotopic (exact) mass is 242 g/mol. The third kappa shape index (κ3) is 2.51. The van der Waals surface area contributed by atoms with E-state index in [4.69, 9.17) is 0 Å². The summed E-state index contributed by atoms with van der Waals surface area (Å²) < 4.78 is 1.78. The van der Waals surface area contributed by atoms with E-state index in [1.807, 2.05) is 49.4 Å². The molecule has 0 bridgehead atoms. The normalized spacial score (nSPS) is 14.1. The molecule has 1 unspecified atom stereocenters. The van der Waals surface area contributed by atoms with Gasteiger partial charge < -0.3 is 5.11 Å². The summed E-state index contributed by atoms with van der Waals surface area (Å²) in [6.45, 7) is 5.50. The Morgan fingerprint density at radius 3 is 2.72 bits per heavy atom. The number of rotatable bonds is 5. The van der Waals surface area contributed by atoms with Crippen LogP contribution in [0.1, 0.15) is 25.5 Å². The minimum atomic E-state index is -0.902. The molecule has 1 N–H and O–H groups in total. The number of hydrogen-bond donors (Lipinski definition) is 1. The van der Waals surface area contributed by atoms with Crippen LogP contribution in [-0.2, 0) is 5.60 Å². The van der Waals surface area contributed by atoms with Gasteiger partial charge >= 0.3 is 0 Å². The summed E-state index contributed by atoms with van der Waals surface area (Å²) in [5, 5.41) is 14.8. The smallest absolute Gasteiger partial charge is 0.104 e. The fourth-order valence-corrected chi connectivity index (χ4v) is 2.00. The van der Waals surface area contributed by atoms with Crippen LogP contribution in [0.15, 0.2) is 55.3 Å². The number of benzene rings is 1. The summed E-state index contributed by atoms with van der Waals surface area (Å²) in [4.78, 5) is 0. The predicted octanol–water partition coefficient (Wildman–Crippen LogP) is 3.05. The van der Waals surface area contributed by atoms with E-state index in [9.17, 15) is 5.11 Å². The maximum absolute atomic E-state index is 10.5. The zero-order valence-electron chi connectivity index (χ0n) is 10.6. The summed E-state index contributed by atoms with van der Waals surface area (Å²) >= 11 is 0. The van der Waals surface area contributed by atoms with Crippen LogP contribution in [0.5, 0.6) is 0 Å². The Balaban J connectivity index is 2.36. The fraction of sp³-hybridized carbons (Fsp3) is 0.267. The molecule has 2 rings (SSSR count). The van der Waals surface area contributed by atoms with Gasteiger partial charge in [0, 0.05) is 6.20 Å². The van der Waals surface area contributed by atoms with Crippen LogP contribution in [0.25, 0.3) is 5.69 Å². The number of hydrogen-bond acceptors (Lipinski definition) is 2. The zero-order valence-corrected chi connectivity index (χ0v) is 10.6. The van der Waals surface area contributed by atoms with Gasteiger partial charge in [-0.05, 0) is 38.0 Å². The van der Waals surface area contributed by atoms with Crippen molar-refractivity contribution < 1.29 is 5.11 Å². The molecule has 0 saturated heterocycles. The SMILES string of the molecule is C=CCCC(C)(O)c1ccnn1-c1ccccc1. The lowest BCUT2D eigenvalue weighted by molar-refractivity contribution is 0.0418. The second-order valence-corrected chi connectivity index (χ2v) is 4.57. The number of aliphatic hydroxyl groups is 1. The van der Waals surface area contributed by atoms with Gasteiger partial charge in [-0.2, -0.15) is 5.10 Å². The molecule has 0 amide bonds. The van der Waals surface area contributed by atoms with Gasteiger partial charge in [0.2, 0.25) is 0 Å². The first kappa shape index (κ1) is 12.6. The average molecular weight is 242 g/mol. The average Bonchev–Trinajstić information content (AvgIpc) is 2.87. The Hall–Kier alpha value is -1.87. The highest BCUT2D eigenvalue weighted by Gasteiger charge is 2.26. The van der Waals surface area contributed by atoms with E-state index in [0.29, 0.717) is 6.42 Å². The molecule has 0 radical (unpaired) electrons. The van der Waals surface area contributed by atoms with Crippen molar-refractivity contribution in [3.63, 3.8) is 0 Å². The van der Waals surface area contributed by atoms with Crippen molar-refractivity contribution in [2.75, 3.05) is 0 Å². The Kier molecular flexibility index (Phi) is 3.63. The second-order valence-electron chi connectivity index (χ2n) is 4.57. The second kappa shape index (κ2) is 5.19. The van der Waals surface area contributed by atoms with Gasteiger partial charge in [-0.25, -0.2) is 4.68 Å². The van der Waals surface area contributed by atoms with E-state index in [1.165, 1.54) is 0 Å². The van der Waals surface area contributed by atoms with Gasteiger partial charge in [0.15, 0.2) is 0 Å². The first-order chi connectivity index (χ1) is 8.65. The number of allylic oxidation sites excluding steroid dienone is 1. The Morgan fingerprint density at radius 1 is 1.33 bits per heavy atom. The Bertz CT molecular complexity index is 514. The van der Waals surface area contributed by atoms with Crippen LogP contribution in [0, 0.1) is 0 Å². The highest BCUT2D eigenvalue weighted by molar-refractivity contribution is 5.33. The lowest BCUT2D eigenvalue weighted by atomic mass is 9.96. The molecular weight excluding hydrogens is 224 g/mol. The fourth-order valence-electron chi connectivity index (χ4n) is 2.00. The minimum absolute atomic E-state index is 0.634. The van der Waals surface area contributed by atoms with Gasteiger partial charge in [-0.1, -0.05) is 24.3 Å². The van der Waals surface area contributed by atoms with Gasteiger partial charge in [0.1, 0.15) is 5.60 Å². The van der Waals surface area contributed by atoms with Gasteiger partial charge in [0.25, 0.3) is 0 Å². The summed E-state index contributed by atoms with van der Waals surface area (Å²) in [6, 6.07) is 11.7. The van der Waals surface area contributed by atoms with Crippen LogP contribution in [0.4, 0.5) is 0 Å². The van der Waals surface area contributed by atoms with E-state index in [1.54, 1.807) is 10.9 Å². The van der Waals surface area contributed by atoms with Crippen LogP contribution in [-0.4, -0.2) is 14.9 Å². The molecule has 0 aliphatic heterocycles. The minimum Gasteiger partial charge on any atom is -0.384 e. The van der Waals surface area contributed by atoms with Crippen LogP contribution < -0.4 is 0 Å². The maximum atomic E-state index is 10.5. The van der Waals surface area contributed by atoms with Crippen molar-refractivity contribution in [1.29, 1.82) is 0 Å². The molecular formula is C15H18N2O. The molecule has 0 aliphatic carbocycles. The molecule has 3 nitrogen and oxygen atoms in total. The third-order valence-electron chi connectivity index (χ3n) is 3.03.